The van der Waals surface area contributed by atoms with Gasteiger partial charge in [-0.25, -0.2) is 4.39 Å². The molecule has 96 valence electrons. The van der Waals surface area contributed by atoms with E-state index in [4.69, 9.17) is 23.1 Å². The van der Waals surface area contributed by atoms with E-state index in [-0.39, 0.29) is 22.1 Å². The van der Waals surface area contributed by atoms with E-state index in [0.29, 0.717) is 0 Å². The number of halogens is 5. The highest BCUT2D eigenvalue weighted by molar-refractivity contribution is 6.33. The van der Waals surface area contributed by atoms with Crippen molar-refractivity contribution in [2.24, 2.45) is 0 Å². The summed E-state index contributed by atoms with van der Waals surface area (Å²) in [6.07, 6.45) is -5.43. The lowest BCUT2D eigenvalue weighted by Gasteiger charge is -2.13. The first kappa shape index (κ1) is 13.7. The van der Waals surface area contributed by atoms with Crippen LogP contribution in [0.4, 0.5) is 34.6 Å². The van der Waals surface area contributed by atoms with Crippen LogP contribution in [0.5, 0.6) is 0 Å². The minimum absolute atomic E-state index is 0.0666. The molecule has 17 heavy (non-hydrogen) atoms. The van der Waals surface area contributed by atoms with Gasteiger partial charge >= 0.3 is 6.18 Å². The van der Waals surface area contributed by atoms with Crippen LogP contribution in [0.3, 0.4) is 0 Å². The Morgan fingerprint density at radius 1 is 1.24 bits per heavy atom. The van der Waals surface area contributed by atoms with Crippen molar-refractivity contribution in [3.8, 4) is 0 Å². The van der Waals surface area contributed by atoms with Crippen molar-refractivity contribution >= 4 is 28.7 Å². The Balaban J connectivity index is 2.82. The molecule has 0 fully saturated rings. The number of nitrogens with two attached hydrogens (primary N) is 2. The topological polar surface area (TPSA) is 64.1 Å². The van der Waals surface area contributed by atoms with Crippen molar-refractivity contribution in [2.45, 2.75) is 12.6 Å². The van der Waals surface area contributed by atoms with Gasteiger partial charge in [0.15, 0.2) is 5.82 Å². The smallest absolute Gasteiger partial charge is 0.390 e. The number of nitrogens with one attached hydrogen (secondary N) is 1. The lowest BCUT2D eigenvalue weighted by atomic mass is 10.2. The Morgan fingerprint density at radius 3 is 2.35 bits per heavy atom. The third-order valence-electron chi connectivity index (χ3n) is 1.98. The third kappa shape index (κ3) is 3.55. The molecule has 0 aliphatic heterocycles. The van der Waals surface area contributed by atoms with E-state index < -0.39 is 25.0 Å². The van der Waals surface area contributed by atoms with E-state index >= 15 is 0 Å². The number of anilines is 3. The van der Waals surface area contributed by atoms with Gasteiger partial charge in [0.05, 0.1) is 23.5 Å². The molecule has 0 amide bonds. The van der Waals surface area contributed by atoms with Gasteiger partial charge in [-0.2, -0.15) is 13.2 Å². The maximum Gasteiger partial charge on any atom is 0.390 e. The van der Waals surface area contributed by atoms with Crippen LogP contribution < -0.4 is 16.8 Å². The predicted molar refractivity (Wildman–Crippen MR) is 59.4 cm³/mol. The fourth-order valence-corrected chi connectivity index (χ4v) is 1.32. The molecule has 0 unspecified atom stereocenters. The summed E-state index contributed by atoms with van der Waals surface area (Å²) in [5.74, 6) is -0.952. The highest BCUT2D eigenvalue weighted by Crippen LogP contribution is 2.33. The van der Waals surface area contributed by atoms with Crippen molar-refractivity contribution in [1.82, 2.24) is 0 Å². The van der Waals surface area contributed by atoms with Gasteiger partial charge in [-0.15, -0.1) is 0 Å². The monoisotopic (exact) mass is 271 g/mol. The van der Waals surface area contributed by atoms with Gasteiger partial charge in [-0.05, 0) is 6.07 Å². The highest BCUT2D eigenvalue weighted by atomic mass is 35.5. The van der Waals surface area contributed by atoms with Crippen molar-refractivity contribution in [2.75, 3.05) is 23.3 Å². The van der Waals surface area contributed by atoms with E-state index in [9.17, 15) is 17.6 Å². The van der Waals surface area contributed by atoms with Crippen LogP contribution >= 0.6 is 11.6 Å². The van der Waals surface area contributed by atoms with Crippen molar-refractivity contribution in [3.63, 3.8) is 0 Å². The molecule has 1 rings (SSSR count). The fraction of sp³-hybridized carbons (Fsp3) is 0.333. The van der Waals surface area contributed by atoms with Crippen molar-refractivity contribution in [3.05, 3.63) is 16.9 Å². The molecule has 1 aromatic carbocycles. The second-order valence-electron chi connectivity index (χ2n) is 3.35. The number of benzene rings is 1. The Labute approximate surface area is 99.7 Å². The van der Waals surface area contributed by atoms with Crippen LogP contribution in [-0.4, -0.2) is 12.7 Å². The summed E-state index contributed by atoms with van der Waals surface area (Å²) >= 11 is 5.51. The van der Waals surface area contributed by atoms with Gasteiger partial charge in [0.25, 0.3) is 0 Å². The Bertz CT molecular complexity index is 420. The quantitative estimate of drug-likeness (QED) is 0.585. The van der Waals surface area contributed by atoms with Gasteiger partial charge in [-0.3, -0.25) is 0 Å². The maximum atomic E-state index is 13.5. The van der Waals surface area contributed by atoms with Gasteiger partial charge < -0.3 is 16.8 Å². The number of alkyl halides is 3. The lowest BCUT2D eigenvalue weighted by Crippen LogP contribution is -2.16. The average molecular weight is 272 g/mol. The third-order valence-corrected chi connectivity index (χ3v) is 2.36. The molecule has 0 heterocycles. The number of rotatable bonds is 3. The molecule has 0 saturated carbocycles. The van der Waals surface area contributed by atoms with Crippen LogP contribution in [0, 0.1) is 5.82 Å². The molecule has 0 radical (unpaired) electrons. The lowest BCUT2D eigenvalue weighted by molar-refractivity contribution is -0.131. The van der Waals surface area contributed by atoms with Crippen LogP contribution in [0.25, 0.3) is 0 Å². The summed E-state index contributed by atoms with van der Waals surface area (Å²) in [4.78, 5) is 0. The van der Waals surface area contributed by atoms with Gasteiger partial charge in [0.1, 0.15) is 5.02 Å². The largest absolute Gasteiger partial charge is 0.397 e. The number of nitrogen functional groups attached to an aromatic ring is 2. The summed E-state index contributed by atoms with van der Waals surface area (Å²) in [6, 6.07) is 1.18. The first-order valence-electron chi connectivity index (χ1n) is 4.56. The average Bonchev–Trinajstić information content (AvgIpc) is 2.18. The first-order chi connectivity index (χ1) is 7.72. The molecule has 0 spiro atoms. The molecule has 5 N–H and O–H groups in total. The summed E-state index contributed by atoms with van der Waals surface area (Å²) in [5.41, 5.74) is 10.3. The molecule has 0 aliphatic carbocycles. The summed E-state index contributed by atoms with van der Waals surface area (Å²) in [5, 5.41) is 1.88. The molecule has 0 saturated heterocycles. The normalized spacial score (nSPS) is 11.6. The molecule has 0 bridgehead atoms. The molecular weight excluding hydrogens is 262 g/mol. The molecule has 0 aromatic heterocycles. The first-order valence-corrected chi connectivity index (χ1v) is 4.93. The second kappa shape index (κ2) is 4.87. The van der Waals surface area contributed by atoms with E-state index in [0.717, 1.165) is 0 Å². The minimum Gasteiger partial charge on any atom is -0.397 e. The summed E-state index contributed by atoms with van der Waals surface area (Å²) < 4.78 is 49.2. The molecule has 3 nitrogen and oxygen atoms in total. The molecule has 1 aromatic rings. The summed E-state index contributed by atoms with van der Waals surface area (Å²) in [6.45, 7) is -0.495. The predicted octanol–water partition coefficient (Wildman–Crippen LogP) is 3.01. The van der Waals surface area contributed by atoms with E-state index in [2.05, 4.69) is 5.32 Å². The molecule has 0 aliphatic rings. The molecular formula is C9H10ClF4N3. The Kier molecular flexibility index (Phi) is 3.92. The van der Waals surface area contributed by atoms with Crippen LogP contribution in [0.1, 0.15) is 6.42 Å². The van der Waals surface area contributed by atoms with E-state index in [1.54, 1.807) is 0 Å². The Morgan fingerprint density at radius 2 is 1.82 bits per heavy atom. The van der Waals surface area contributed by atoms with E-state index in [1.807, 2.05) is 0 Å². The number of hydrogen-bond donors (Lipinski definition) is 3. The van der Waals surface area contributed by atoms with Crippen LogP contribution in [0.15, 0.2) is 6.07 Å². The van der Waals surface area contributed by atoms with Gasteiger partial charge in [0, 0.05) is 6.54 Å². The van der Waals surface area contributed by atoms with Crippen molar-refractivity contribution in [1.29, 1.82) is 0 Å². The molecule has 0 atom stereocenters. The maximum absolute atomic E-state index is 13.5. The SMILES string of the molecule is Nc1cc(N)c(NCCC(F)(F)F)c(F)c1Cl. The number of hydrogen-bond acceptors (Lipinski definition) is 3. The summed E-state index contributed by atoms with van der Waals surface area (Å²) in [7, 11) is 0. The fourth-order valence-electron chi connectivity index (χ4n) is 1.18. The standard InChI is InChI=1S/C9H10ClF4N3/c10-6-4(15)3-5(16)8(7(6)11)17-2-1-9(12,13)14/h3,17H,1-2,15-16H2. The van der Waals surface area contributed by atoms with Crippen molar-refractivity contribution < 1.29 is 17.6 Å². The zero-order valence-electron chi connectivity index (χ0n) is 8.54. The van der Waals surface area contributed by atoms with Gasteiger partial charge in [0.2, 0.25) is 0 Å². The Hall–Kier alpha value is -1.37. The zero-order chi connectivity index (χ0) is 13.2. The second-order valence-corrected chi connectivity index (χ2v) is 3.73. The van der Waals surface area contributed by atoms with Gasteiger partial charge in [-0.1, -0.05) is 11.6 Å². The zero-order valence-corrected chi connectivity index (χ0v) is 9.29. The van der Waals surface area contributed by atoms with Crippen LogP contribution in [0.2, 0.25) is 5.02 Å². The highest BCUT2D eigenvalue weighted by Gasteiger charge is 2.26. The van der Waals surface area contributed by atoms with Crippen LogP contribution in [-0.2, 0) is 0 Å². The minimum atomic E-state index is -4.32. The van der Waals surface area contributed by atoms with E-state index in [1.165, 1.54) is 6.07 Å². The molecule has 8 heteroatoms.